The van der Waals surface area contributed by atoms with Crippen LogP contribution in [-0.2, 0) is 4.74 Å². The molecule has 3 N–H and O–H groups in total. The molecule has 0 saturated carbocycles. The van der Waals surface area contributed by atoms with Crippen LogP contribution in [0.25, 0.3) is 0 Å². The largest absolute Gasteiger partial charge is 0.494 e. The second-order valence-corrected chi connectivity index (χ2v) is 6.02. The number of ether oxygens (including phenoxy) is 2. The van der Waals surface area contributed by atoms with E-state index in [0.717, 1.165) is 58.0 Å². The Morgan fingerprint density at radius 3 is 2.75 bits per heavy atom. The SMILES string of the molecule is Cc1ccc(OCCCN=C(N)NCCCN2CCOCC2)cc1. The molecular weight excluding hydrogens is 304 g/mol. The number of aliphatic imine (C=N–C) groups is 1. The Bertz CT molecular complexity index is 484. The minimum Gasteiger partial charge on any atom is -0.494 e. The normalized spacial score (nSPS) is 16.1. The quantitative estimate of drug-likeness (QED) is 0.406. The molecular formula is C18H30N4O2. The summed E-state index contributed by atoms with van der Waals surface area (Å²) < 4.78 is 11.0. The predicted octanol–water partition coefficient (Wildman–Crippen LogP) is 1.39. The summed E-state index contributed by atoms with van der Waals surface area (Å²) in [5, 5.41) is 3.17. The lowest BCUT2D eigenvalue weighted by atomic mass is 10.2. The third-order valence-corrected chi connectivity index (χ3v) is 3.94. The first-order valence-electron chi connectivity index (χ1n) is 8.77. The molecule has 0 amide bonds. The monoisotopic (exact) mass is 334 g/mol. The molecule has 0 radical (unpaired) electrons. The Kier molecular flexibility index (Phi) is 8.41. The van der Waals surface area contributed by atoms with Gasteiger partial charge in [0.15, 0.2) is 5.96 Å². The van der Waals surface area contributed by atoms with Crippen LogP contribution < -0.4 is 15.8 Å². The van der Waals surface area contributed by atoms with E-state index in [9.17, 15) is 0 Å². The topological polar surface area (TPSA) is 72.1 Å². The molecule has 1 saturated heterocycles. The van der Waals surface area contributed by atoms with Gasteiger partial charge in [-0.2, -0.15) is 0 Å². The molecule has 0 unspecified atom stereocenters. The molecule has 0 aliphatic carbocycles. The third kappa shape index (κ3) is 7.66. The summed E-state index contributed by atoms with van der Waals surface area (Å²) in [6, 6.07) is 8.07. The summed E-state index contributed by atoms with van der Waals surface area (Å²) in [5.41, 5.74) is 7.10. The van der Waals surface area contributed by atoms with E-state index in [1.807, 2.05) is 24.3 Å². The third-order valence-electron chi connectivity index (χ3n) is 3.94. The fourth-order valence-corrected chi connectivity index (χ4v) is 2.49. The van der Waals surface area contributed by atoms with E-state index in [1.54, 1.807) is 0 Å². The fourth-order valence-electron chi connectivity index (χ4n) is 2.49. The average molecular weight is 334 g/mol. The van der Waals surface area contributed by atoms with E-state index in [-0.39, 0.29) is 0 Å². The number of rotatable bonds is 9. The maximum atomic E-state index is 5.87. The van der Waals surface area contributed by atoms with Crippen LogP contribution in [0.15, 0.2) is 29.3 Å². The fraction of sp³-hybridized carbons (Fsp3) is 0.611. The molecule has 0 bridgehead atoms. The van der Waals surface area contributed by atoms with Crippen molar-refractivity contribution < 1.29 is 9.47 Å². The van der Waals surface area contributed by atoms with Gasteiger partial charge in [-0.25, -0.2) is 0 Å². The molecule has 0 spiro atoms. The molecule has 1 aromatic rings. The van der Waals surface area contributed by atoms with Crippen LogP contribution in [0.4, 0.5) is 0 Å². The summed E-state index contributed by atoms with van der Waals surface area (Å²) in [7, 11) is 0. The number of benzene rings is 1. The summed E-state index contributed by atoms with van der Waals surface area (Å²) in [6.07, 6.45) is 1.91. The average Bonchev–Trinajstić information content (AvgIpc) is 2.61. The number of guanidine groups is 1. The van der Waals surface area contributed by atoms with Crippen LogP contribution in [0.2, 0.25) is 0 Å². The Hall–Kier alpha value is -1.79. The van der Waals surface area contributed by atoms with Gasteiger partial charge in [0.1, 0.15) is 5.75 Å². The first kappa shape index (κ1) is 18.5. The second kappa shape index (κ2) is 10.9. The van der Waals surface area contributed by atoms with Gasteiger partial charge in [0.05, 0.1) is 19.8 Å². The van der Waals surface area contributed by atoms with Gasteiger partial charge in [-0.3, -0.25) is 9.89 Å². The molecule has 6 nitrogen and oxygen atoms in total. The first-order valence-corrected chi connectivity index (χ1v) is 8.77. The second-order valence-electron chi connectivity index (χ2n) is 6.02. The van der Waals surface area contributed by atoms with E-state index in [1.165, 1.54) is 5.56 Å². The van der Waals surface area contributed by atoms with Gasteiger partial charge < -0.3 is 20.5 Å². The first-order chi connectivity index (χ1) is 11.7. The lowest BCUT2D eigenvalue weighted by Crippen LogP contribution is -2.39. The minimum absolute atomic E-state index is 0.521. The summed E-state index contributed by atoms with van der Waals surface area (Å²) in [5.74, 6) is 1.42. The highest BCUT2D eigenvalue weighted by molar-refractivity contribution is 5.77. The van der Waals surface area contributed by atoms with Crippen molar-refractivity contribution in [1.82, 2.24) is 10.2 Å². The van der Waals surface area contributed by atoms with Crippen LogP contribution >= 0.6 is 0 Å². The van der Waals surface area contributed by atoms with Gasteiger partial charge in [-0.05, 0) is 32.0 Å². The zero-order chi connectivity index (χ0) is 17.0. The van der Waals surface area contributed by atoms with Crippen LogP contribution in [0, 0.1) is 6.92 Å². The zero-order valence-electron chi connectivity index (χ0n) is 14.7. The number of nitrogens with two attached hydrogens (primary N) is 1. The van der Waals surface area contributed by atoms with Gasteiger partial charge in [-0.1, -0.05) is 17.7 Å². The van der Waals surface area contributed by atoms with Crippen molar-refractivity contribution >= 4 is 5.96 Å². The van der Waals surface area contributed by atoms with Crippen LogP contribution in [0.3, 0.4) is 0 Å². The Morgan fingerprint density at radius 1 is 1.25 bits per heavy atom. The van der Waals surface area contributed by atoms with Crippen molar-refractivity contribution in [3.8, 4) is 5.75 Å². The van der Waals surface area contributed by atoms with Crippen LogP contribution in [0.5, 0.6) is 5.75 Å². The van der Waals surface area contributed by atoms with E-state index in [0.29, 0.717) is 19.1 Å². The minimum atomic E-state index is 0.521. The molecule has 1 aliphatic heterocycles. The van der Waals surface area contributed by atoms with E-state index >= 15 is 0 Å². The number of hydrogen-bond acceptors (Lipinski definition) is 4. The Balaban J connectivity index is 1.48. The van der Waals surface area contributed by atoms with Crippen molar-refractivity contribution in [3.05, 3.63) is 29.8 Å². The predicted molar refractivity (Wildman–Crippen MR) is 97.7 cm³/mol. The highest BCUT2D eigenvalue weighted by atomic mass is 16.5. The maximum absolute atomic E-state index is 5.87. The number of aryl methyl sites for hydroxylation is 1. The molecule has 1 aliphatic rings. The maximum Gasteiger partial charge on any atom is 0.188 e. The van der Waals surface area contributed by atoms with Crippen molar-refractivity contribution in [3.63, 3.8) is 0 Å². The molecule has 2 rings (SSSR count). The van der Waals surface area contributed by atoms with E-state index < -0.39 is 0 Å². The highest BCUT2D eigenvalue weighted by Gasteiger charge is 2.08. The Labute approximate surface area is 145 Å². The molecule has 134 valence electrons. The smallest absolute Gasteiger partial charge is 0.188 e. The van der Waals surface area contributed by atoms with Crippen molar-refractivity contribution in [2.45, 2.75) is 19.8 Å². The zero-order valence-corrected chi connectivity index (χ0v) is 14.7. The number of hydrogen-bond donors (Lipinski definition) is 2. The molecule has 1 fully saturated rings. The number of nitrogens with zero attached hydrogens (tertiary/aromatic N) is 2. The highest BCUT2D eigenvalue weighted by Crippen LogP contribution is 2.11. The lowest BCUT2D eigenvalue weighted by molar-refractivity contribution is 0.0376. The van der Waals surface area contributed by atoms with Crippen molar-refractivity contribution in [1.29, 1.82) is 0 Å². The molecule has 1 heterocycles. The van der Waals surface area contributed by atoms with Crippen LogP contribution in [-0.4, -0.2) is 63.4 Å². The molecule has 0 aromatic heterocycles. The number of morpholine rings is 1. The van der Waals surface area contributed by atoms with Gasteiger partial charge >= 0.3 is 0 Å². The summed E-state index contributed by atoms with van der Waals surface area (Å²) in [6.45, 7) is 9.08. The van der Waals surface area contributed by atoms with E-state index in [4.69, 9.17) is 15.2 Å². The van der Waals surface area contributed by atoms with E-state index in [2.05, 4.69) is 22.1 Å². The van der Waals surface area contributed by atoms with Gasteiger partial charge in [0.2, 0.25) is 0 Å². The van der Waals surface area contributed by atoms with Crippen molar-refractivity contribution in [2.75, 3.05) is 52.5 Å². The Morgan fingerprint density at radius 2 is 2.00 bits per heavy atom. The molecule has 1 aromatic carbocycles. The van der Waals surface area contributed by atoms with Gasteiger partial charge in [0, 0.05) is 32.6 Å². The summed E-state index contributed by atoms with van der Waals surface area (Å²) in [4.78, 5) is 6.74. The standard InChI is InChI=1S/C18H30N4O2/c1-16-4-6-17(7-5-16)24-13-3-9-21-18(19)20-8-2-10-22-11-14-23-15-12-22/h4-7H,2-3,8-15H2,1H3,(H3,19,20,21). The van der Waals surface area contributed by atoms with Crippen LogP contribution in [0.1, 0.15) is 18.4 Å². The van der Waals surface area contributed by atoms with Gasteiger partial charge in [0.25, 0.3) is 0 Å². The number of nitrogens with one attached hydrogen (secondary N) is 1. The molecule has 6 heteroatoms. The van der Waals surface area contributed by atoms with Crippen molar-refractivity contribution in [2.24, 2.45) is 10.7 Å². The lowest BCUT2D eigenvalue weighted by Gasteiger charge is -2.26. The van der Waals surface area contributed by atoms with Gasteiger partial charge in [-0.15, -0.1) is 0 Å². The molecule has 24 heavy (non-hydrogen) atoms. The summed E-state index contributed by atoms with van der Waals surface area (Å²) >= 11 is 0. The molecule has 0 atom stereocenters.